The lowest BCUT2D eigenvalue weighted by atomic mass is 10.1. The van der Waals surface area contributed by atoms with Gasteiger partial charge >= 0.3 is 0 Å². The van der Waals surface area contributed by atoms with Crippen LogP contribution in [0.15, 0.2) is 30.3 Å². The van der Waals surface area contributed by atoms with Crippen molar-refractivity contribution in [3.05, 3.63) is 51.6 Å². The first-order valence-corrected chi connectivity index (χ1v) is 9.50. The monoisotopic (exact) mass is 431 g/mol. The third kappa shape index (κ3) is 6.16. The molecule has 2 aromatic rings. The van der Waals surface area contributed by atoms with Gasteiger partial charge in [0.25, 0.3) is 11.6 Å². The predicted octanol–water partition coefficient (Wildman–Crippen LogP) is 3.54. The SMILES string of the molecule is CCC(=O)Nc1ccc(C)c(NC(=O)c2cc(OC)c(OCCOC)cc2[N+](=O)[O-])c1. The van der Waals surface area contributed by atoms with Crippen LogP contribution in [0, 0.1) is 17.0 Å². The van der Waals surface area contributed by atoms with Gasteiger partial charge in [0, 0.05) is 31.0 Å². The fraction of sp³-hybridized carbons (Fsp3) is 0.333. The Morgan fingerprint density at radius 3 is 2.42 bits per heavy atom. The summed E-state index contributed by atoms with van der Waals surface area (Å²) in [6.07, 6.45) is 0.306. The Labute approximate surface area is 179 Å². The number of ether oxygens (including phenoxy) is 3. The second-order valence-electron chi connectivity index (χ2n) is 6.50. The average molecular weight is 431 g/mol. The number of benzene rings is 2. The highest BCUT2D eigenvalue weighted by Crippen LogP contribution is 2.35. The average Bonchev–Trinajstić information content (AvgIpc) is 2.75. The molecule has 0 radical (unpaired) electrons. The first kappa shape index (κ1) is 23.6. The Balaban J connectivity index is 2.37. The largest absolute Gasteiger partial charge is 0.493 e. The molecule has 2 aromatic carbocycles. The highest BCUT2D eigenvalue weighted by Gasteiger charge is 2.25. The predicted molar refractivity (Wildman–Crippen MR) is 115 cm³/mol. The number of nitrogens with zero attached hydrogens (tertiary/aromatic N) is 1. The molecular weight excluding hydrogens is 406 g/mol. The number of nitrogens with one attached hydrogen (secondary N) is 2. The van der Waals surface area contributed by atoms with Crippen molar-refractivity contribution < 1.29 is 28.7 Å². The van der Waals surface area contributed by atoms with Gasteiger partial charge in [-0.15, -0.1) is 0 Å². The van der Waals surface area contributed by atoms with Gasteiger partial charge in [0.2, 0.25) is 5.91 Å². The van der Waals surface area contributed by atoms with Crippen molar-refractivity contribution >= 4 is 28.9 Å². The van der Waals surface area contributed by atoms with Crippen molar-refractivity contribution in [1.82, 2.24) is 0 Å². The molecule has 10 nitrogen and oxygen atoms in total. The maximum Gasteiger partial charge on any atom is 0.286 e. The molecule has 0 fully saturated rings. The number of nitro benzene ring substituents is 1. The van der Waals surface area contributed by atoms with Crippen LogP contribution >= 0.6 is 0 Å². The number of hydrogen-bond acceptors (Lipinski definition) is 7. The molecule has 2 N–H and O–H groups in total. The number of nitro groups is 1. The van der Waals surface area contributed by atoms with Crippen LogP contribution in [0.3, 0.4) is 0 Å². The molecule has 0 saturated carbocycles. The molecule has 2 amide bonds. The Morgan fingerprint density at radius 1 is 1.06 bits per heavy atom. The summed E-state index contributed by atoms with van der Waals surface area (Å²) in [6.45, 7) is 3.93. The van der Waals surface area contributed by atoms with E-state index >= 15 is 0 Å². The number of carbonyl (C=O) groups excluding carboxylic acids is 2. The summed E-state index contributed by atoms with van der Waals surface area (Å²) in [7, 11) is 2.87. The lowest BCUT2D eigenvalue weighted by molar-refractivity contribution is -0.385. The summed E-state index contributed by atoms with van der Waals surface area (Å²) in [5.74, 6) is -0.572. The van der Waals surface area contributed by atoms with Crippen molar-refractivity contribution in [1.29, 1.82) is 0 Å². The van der Waals surface area contributed by atoms with Crippen molar-refractivity contribution in [3.8, 4) is 11.5 Å². The lowest BCUT2D eigenvalue weighted by Gasteiger charge is -2.14. The molecule has 10 heteroatoms. The number of rotatable bonds is 10. The highest BCUT2D eigenvalue weighted by atomic mass is 16.6. The van der Waals surface area contributed by atoms with Gasteiger partial charge in [0.15, 0.2) is 11.5 Å². The van der Waals surface area contributed by atoms with E-state index in [4.69, 9.17) is 14.2 Å². The van der Waals surface area contributed by atoms with Gasteiger partial charge in [-0.3, -0.25) is 19.7 Å². The Bertz CT molecular complexity index is 976. The number of amides is 2. The van der Waals surface area contributed by atoms with Crippen LogP contribution in [0.5, 0.6) is 11.5 Å². The van der Waals surface area contributed by atoms with Crippen LogP contribution < -0.4 is 20.1 Å². The van der Waals surface area contributed by atoms with Gasteiger partial charge in [-0.25, -0.2) is 0 Å². The van der Waals surface area contributed by atoms with E-state index in [2.05, 4.69) is 10.6 Å². The number of hydrogen-bond donors (Lipinski definition) is 2. The van der Waals surface area contributed by atoms with Crippen LogP contribution in [0.1, 0.15) is 29.3 Å². The van der Waals surface area contributed by atoms with Crippen LogP contribution in [-0.4, -0.2) is 44.2 Å². The first-order chi connectivity index (χ1) is 14.8. The molecule has 0 aliphatic heterocycles. The summed E-state index contributed by atoms with van der Waals surface area (Å²) in [5.41, 5.74) is 1.01. The third-order valence-electron chi connectivity index (χ3n) is 4.36. The van der Waals surface area contributed by atoms with E-state index in [1.807, 2.05) is 0 Å². The molecule has 166 valence electrons. The Hall–Kier alpha value is -3.66. The standard InChI is InChI=1S/C21H25N3O7/c1-5-20(25)22-14-7-6-13(2)16(10-14)23-21(26)15-11-18(30-4)19(31-9-8-29-3)12-17(15)24(27)28/h6-7,10-12H,5,8-9H2,1-4H3,(H,22,25)(H,23,26). The Kier molecular flexibility index (Phi) is 8.33. The molecule has 2 rings (SSSR count). The summed E-state index contributed by atoms with van der Waals surface area (Å²) < 4.78 is 15.6. The highest BCUT2D eigenvalue weighted by molar-refractivity contribution is 6.08. The zero-order chi connectivity index (χ0) is 23.0. The fourth-order valence-corrected chi connectivity index (χ4v) is 2.66. The van der Waals surface area contributed by atoms with E-state index in [1.54, 1.807) is 32.0 Å². The van der Waals surface area contributed by atoms with E-state index in [9.17, 15) is 19.7 Å². The smallest absolute Gasteiger partial charge is 0.286 e. The number of anilines is 2. The van der Waals surface area contributed by atoms with Crippen LogP contribution in [-0.2, 0) is 9.53 Å². The molecule has 0 heterocycles. The maximum atomic E-state index is 12.9. The van der Waals surface area contributed by atoms with E-state index in [-0.39, 0.29) is 36.2 Å². The van der Waals surface area contributed by atoms with Gasteiger partial charge in [0.1, 0.15) is 12.2 Å². The van der Waals surface area contributed by atoms with Gasteiger partial charge in [0.05, 0.1) is 24.7 Å². The molecule has 0 unspecified atom stereocenters. The second kappa shape index (κ2) is 10.9. The lowest BCUT2D eigenvalue weighted by Crippen LogP contribution is -2.16. The number of methoxy groups -OCH3 is 2. The normalized spacial score (nSPS) is 10.3. The quantitative estimate of drug-likeness (QED) is 0.334. The van der Waals surface area contributed by atoms with Crippen LogP contribution in [0.2, 0.25) is 0 Å². The summed E-state index contributed by atoms with van der Waals surface area (Å²) in [6, 6.07) is 7.42. The van der Waals surface area contributed by atoms with E-state index in [1.165, 1.54) is 20.3 Å². The van der Waals surface area contributed by atoms with E-state index < -0.39 is 16.5 Å². The minimum Gasteiger partial charge on any atom is -0.493 e. The first-order valence-electron chi connectivity index (χ1n) is 9.50. The molecule has 0 saturated heterocycles. The summed E-state index contributed by atoms with van der Waals surface area (Å²) >= 11 is 0. The topological polar surface area (TPSA) is 129 Å². The number of carbonyl (C=O) groups is 2. The van der Waals surface area contributed by atoms with Crippen molar-refractivity contribution in [2.24, 2.45) is 0 Å². The molecule has 0 atom stereocenters. The number of aryl methyl sites for hydroxylation is 1. The zero-order valence-corrected chi connectivity index (χ0v) is 17.8. The van der Waals surface area contributed by atoms with E-state index in [0.717, 1.165) is 11.6 Å². The van der Waals surface area contributed by atoms with Crippen LogP contribution in [0.25, 0.3) is 0 Å². The Morgan fingerprint density at radius 2 is 1.81 bits per heavy atom. The summed E-state index contributed by atoms with van der Waals surface area (Å²) in [5, 5.41) is 17.0. The molecule has 0 aliphatic rings. The van der Waals surface area contributed by atoms with Gasteiger partial charge in [-0.05, 0) is 24.6 Å². The minimum atomic E-state index is -0.699. The molecule has 0 aromatic heterocycles. The van der Waals surface area contributed by atoms with Crippen LogP contribution in [0.4, 0.5) is 17.1 Å². The third-order valence-corrected chi connectivity index (χ3v) is 4.36. The fourth-order valence-electron chi connectivity index (χ4n) is 2.66. The second-order valence-corrected chi connectivity index (χ2v) is 6.50. The van der Waals surface area contributed by atoms with Gasteiger partial charge in [-0.2, -0.15) is 0 Å². The zero-order valence-electron chi connectivity index (χ0n) is 17.8. The van der Waals surface area contributed by atoms with Crippen molar-refractivity contribution in [2.75, 3.05) is 38.1 Å². The minimum absolute atomic E-state index is 0.128. The van der Waals surface area contributed by atoms with Crippen molar-refractivity contribution in [3.63, 3.8) is 0 Å². The molecular formula is C21H25N3O7. The van der Waals surface area contributed by atoms with E-state index in [0.29, 0.717) is 17.8 Å². The molecule has 0 bridgehead atoms. The van der Waals surface area contributed by atoms with Gasteiger partial charge < -0.3 is 24.8 Å². The molecule has 0 spiro atoms. The van der Waals surface area contributed by atoms with Gasteiger partial charge in [-0.1, -0.05) is 13.0 Å². The summed E-state index contributed by atoms with van der Waals surface area (Å²) in [4.78, 5) is 35.5. The van der Waals surface area contributed by atoms with Crippen molar-refractivity contribution in [2.45, 2.75) is 20.3 Å². The maximum absolute atomic E-state index is 12.9. The molecule has 31 heavy (non-hydrogen) atoms. The molecule has 0 aliphatic carbocycles.